The molecule has 122 valence electrons. The van der Waals surface area contributed by atoms with E-state index in [1.165, 1.54) is 0 Å². The highest BCUT2D eigenvalue weighted by molar-refractivity contribution is 5.93. The molecule has 0 N–H and O–H groups in total. The Kier molecular flexibility index (Phi) is 13.0. The summed E-state index contributed by atoms with van der Waals surface area (Å²) < 4.78 is 0. The highest BCUT2D eigenvalue weighted by Crippen LogP contribution is 2.22. The van der Waals surface area contributed by atoms with Crippen LogP contribution in [0.15, 0.2) is 30.3 Å². The number of hydrogen-bond donors (Lipinski definition) is 0. The largest absolute Gasteiger partial charge is 0.312 e. The molecular weight excluding hydrogens is 258 g/mol. The normalized spacial score (nSPS) is 9.71. The highest BCUT2D eigenvalue weighted by Gasteiger charge is 2.17. The quantitative estimate of drug-likeness (QED) is 0.675. The fourth-order valence-electron chi connectivity index (χ4n) is 1.64. The van der Waals surface area contributed by atoms with Gasteiger partial charge >= 0.3 is 0 Å². The molecule has 0 bridgehead atoms. The van der Waals surface area contributed by atoms with Crippen LogP contribution in [0, 0.1) is 5.41 Å². The predicted octanol–water partition coefficient (Wildman–Crippen LogP) is 5.92. The van der Waals surface area contributed by atoms with Gasteiger partial charge in [0.2, 0.25) is 5.91 Å². The van der Waals surface area contributed by atoms with Crippen molar-refractivity contribution in [1.82, 2.24) is 0 Å². The lowest BCUT2D eigenvalue weighted by molar-refractivity contribution is -0.118. The van der Waals surface area contributed by atoms with Gasteiger partial charge in [0.25, 0.3) is 0 Å². The summed E-state index contributed by atoms with van der Waals surface area (Å²) in [5.41, 5.74) is 1.25. The van der Waals surface area contributed by atoms with Gasteiger partial charge < -0.3 is 4.90 Å². The topological polar surface area (TPSA) is 20.3 Å². The van der Waals surface area contributed by atoms with Crippen molar-refractivity contribution in [2.45, 2.75) is 68.2 Å². The second kappa shape index (κ2) is 12.4. The van der Waals surface area contributed by atoms with Crippen LogP contribution in [0.3, 0.4) is 0 Å². The number of para-hydroxylation sites is 1. The molecule has 0 aliphatic carbocycles. The van der Waals surface area contributed by atoms with Crippen LogP contribution in [0.25, 0.3) is 0 Å². The number of amides is 1. The molecule has 0 fully saturated rings. The molecule has 0 saturated heterocycles. The molecule has 0 atom stereocenters. The minimum absolute atomic E-state index is 0.195. The maximum Gasteiger partial charge on any atom is 0.226 e. The first-order valence-electron chi connectivity index (χ1n) is 8.29. The average molecular weight is 293 g/mol. The Labute approximate surface area is 132 Å². The van der Waals surface area contributed by atoms with Crippen molar-refractivity contribution in [1.29, 1.82) is 0 Å². The van der Waals surface area contributed by atoms with Crippen molar-refractivity contribution in [3.05, 3.63) is 30.3 Å². The molecule has 21 heavy (non-hydrogen) atoms. The van der Waals surface area contributed by atoms with Gasteiger partial charge in [0.05, 0.1) is 0 Å². The lowest BCUT2D eigenvalue weighted by Crippen LogP contribution is -2.33. The molecule has 2 heteroatoms. The third kappa shape index (κ3) is 10.1. The second-order valence-corrected chi connectivity index (χ2v) is 5.55. The van der Waals surface area contributed by atoms with Crippen LogP contribution in [0.5, 0.6) is 0 Å². The summed E-state index contributed by atoms with van der Waals surface area (Å²) in [6.45, 7) is 17.3. The van der Waals surface area contributed by atoms with E-state index in [1.807, 2.05) is 69.9 Å². The summed E-state index contributed by atoms with van der Waals surface area (Å²) in [6, 6.07) is 9.92. The van der Waals surface area contributed by atoms with Crippen LogP contribution >= 0.6 is 0 Å². The average Bonchev–Trinajstić information content (AvgIpc) is 2.51. The third-order valence-corrected chi connectivity index (χ3v) is 2.76. The number of carbonyl (C=O) groups is 1. The smallest absolute Gasteiger partial charge is 0.226 e. The highest BCUT2D eigenvalue weighted by atomic mass is 16.2. The number of anilines is 1. The van der Waals surface area contributed by atoms with E-state index in [1.54, 1.807) is 0 Å². The lowest BCUT2D eigenvalue weighted by Gasteiger charge is -2.26. The molecular formula is C19H35NO. The first kappa shape index (κ1) is 22.0. The third-order valence-electron chi connectivity index (χ3n) is 2.76. The molecule has 0 aromatic heterocycles. The number of nitrogens with zero attached hydrogens (tertiary/aromatic N) is 1. The van der Waals surface area contributed by atoms with Crippen LogP contribution < -0.4 is 4.90 Å². The monoisotopic (exact) mass is 293 g/mol. The van der Waals surface area contributed by atoms with Crippen LogP contribution in [0.1, 0.15) is 68.2 Å². The molecule has 1 rings (SSSR count). The molecule has 0 aliphatic rings. The molecule has 1 aromatic carbocycles. The van der Waals surface area contributed by atoms with E-state index in [9.17, 15) is 4.79 Å². The van der Waals surface area contributed by atoms with Gasteiger partial charge in [-0.1, -0.05) is 73.6 Å². The Morgan fingerprint density at radius 1 is 1.00 bits per heavy atom. The summed E-state index contributed by atoms with van der Waals surface area (Å²) >= 11 is 0. The van der Waals surface area contributed by atoms with Crippen molar-refractivity contribution in [3.8, 4) is 0 Å². The van der Waals surface area contributed by atoms with Gasteiger partial charge in [0.1, 0.15) is 0 Å². The zero-order valence-corrected chi connectivity index (χ0v) is 15.4. The second-order valence-electron chi connectivity index (χ2n) is 5.55. The Morgan fingerprint density at radius 2 is 1.48 bits per heavy atom. The number of benzene rings is 1. The first-order valence-corrected chi connectivity index (χ1v) is 8.29. The van der Waals surface area contributed by atoms with Gasteiger partial charge in [-0.15, -0.1) is 0 Å². The Hall–Kier alpha value is -1.31. The van der Waals surface area contributed by atoms with Gasteiger partial charge in [-0.05, 0) is 24.0 Å². The number of rotatable bonds is 4. The van der Waals surface area contributed by atoms with Gasteiger partial charge in [0.15, 0.2) is 0 Å². The summed E-state index contributed by atoms with van der Waals surface area (Å²) in [5.74, 6) is 0.195. The zero-order chi connectivity index (χ0) is 16.9. The van der Waals surface area contributed by atoms with E-state index >= 15 is 0 Å². The van der Waals surface area contributed by atoms with Crippen LogP contribution in [0.2, 0.25) is 0 Å². The predicted molar refractivity (Wildman–Crippen MR) is 95.9 cm³/mol. The maximum absolute atomic E-state index is 12.0. The minimum atomic E-state index is 0.195. The van der Waals surface area contributed by atoms with E-state index in [4.69, 9.17) is 0 Å². The standard InChI is InChI=1S/C15H23NO.2C2H6/c1-5-14(17)16(12-11-15(2,3)4)13-9-7-6-8-10-13;2*1-2/h6-10H,5,11-12H2,1-4H3;2*1-2H3. The summed E-state index contributed by atoms with van der Waals surface area (Å²) in [5, 5.41) is 0. The molecule has 0 saturated carbocycles. The SMILES string of the molecule is CC.CC.CCC(=O)N(CCC(C)(C)C)c1ccccc1. The molecule has 1 aromatic rings. The van der Waals surface area contributed by atoms with Crippen LogP contribution in [-0.4, -0.2) is 12.5 Å². The van der Waals surface area contributed by atoms with Gasteiger partial charge in [0, 0.05) is 18.7 Å². The molecule has 2 nitrogen and oxygen atoms in total. The fraction of sp³-hybridized carbons (Fsp3) is 0.632. The van der Waals surface area contributed by atoms with Crippen LogP contribution in [0.4, 0.5) is 5.69 Å². The van der Waals surface area contributed by atoms with E-state index in [0.29, 0.717) is 6.42 Å². The van der Waals surface area contributed by atoms with Crippen LogP contribution in [-0.2, 0) is 4.79 Å². The van der Waals surface area contributed by atoms with Crippen molar-refractivity contribution in [2.75, 3.05) is 11.4 Å². The van der Waals surface area contributed by atoms with E-state index in [-0.39, 0.29) is 11.3 Å². The zero-order valence-electron chi connectivity index (χ0n) is 15.4. The molecule has 0 spiro atoms. The molecule has 0 radical (unpaired) electrons. The molecule has 0 unspecified atom stereocenters. The van der Waals surface area contributed by atoms with E-state index < -0.39 is 0 Å². The summed E-state index contributed by atoms with van der Waals surface area (Å²) in [6.07, 6.45) is 1.56. The lowest BCUT2D eigenvalue weighted by atomic mass is 9.92. The van der Waals surface area contributed by atoms with Crippen molar-refractivity contribution < 1.29 is 4.79 Å². The van der Waals surface area contributed by atoms with Gasteiger partial charge in [-0.25, -0.2) is 0 Å². The first-order chi connectivity index (χ1) is 9.94. The van der Waals surface area contributed by atoms with Crippen molar-refractivity contribution in [3.63, 3.8) is 0 Å². The molecule has 1 amide bonds. The van der Waals surface area contributed by atoms with Gasteiger partial charge in [-0.3, -0.25) is 4.79 Å². The Bertz CT molecular complexity index is 352. The number of carbonyl (C=O) groups excluding carboxylic acids is 1. The maximum atomic E-state index is 12.0. The van der Waals surface area contributed by atoms with E-state index in [0.717, 1.165) is 18.7 Å². The Morgan fingerprint density at radius 3 is 1.86 bits per heavy atom. The van der Waals surface area contributed by atoms with E-state index in [2.05, 4.69) is 20.8 Å². The Balaban J connectivity index is 0. The molecule has 0 heterocycles. The van der Waals surface area contributed by atoms with Crippen molar-refractivity contribution >= 4 is 11.6 Å². The molecule has 0 aliphatic heterocycles. The van der Waals surface area contributed by atoms with Crippen molar-refractivity contribution in [2.24, 2.45) is 5.41 Å². The minimum Gasteiger partial charge on any atom is -0.312 e. The number of hydrogen-bond acceptors (Lipinski definition) is 1. The summed E-state index contributed by atoms with van der Waals surface area (Å²) in [4.78, 5) is 13.8. The summed E-state index contributed by atoms with van der Waals surface area (Å²) in [7, 11) is 0. The van der Waals surface area contributed by atoms with Gasteiger partial charge in [-0.2, -0.15) is 0 Å². The fourth-order valence-corrected chi connectivity index (χ4v) is 1.64.